The number of benzene rings is 1. The van der Waals surface area contributed by atoms with Crippen molar-refractivity contribution in [3.63, 3.8) is 0 Å². The van der Waals surface area contributed by atoms with Gasteiger partial charge in [0.15, 0.2) is 0 Å². The molecule has 0 amide bonds. The zero-order valence-electron chi connectivity index (χ0n) is 12.0. The molecule has 0 radical (unpaired) electrons. The van der Waals surface area contributed by atoms with Gasteiger partial charge in [0.2, 0.25) is 0 Å². The third kappa shape index (κ3) is 2.76. The Morgan fingerprint density at radius 3 is 2.60 bits per heavy atom. The molecule has 0 aliphatic rings. The Bertz CT molecular complexity index is 682. The van der Waals surface area contributed by atoms with Crippen molar-refractivity contribution in [2.75, 3.05) is 0 Å². The third-order valence-electron chi connectivity index (χ3n) is 3.57. The highest BCUT2D eigenvalue weighted by Crippen LogP contribution is 2.21. The average molecular weight is 276 g/mol. The number of carbonyl (C=O) groups is 1. The topological polar surface area (TPSA) is 75.1 Å². The quantitative estimate of drug-likeness (QED) is 0.881. The van der Waals surface area contributed by atoms with Crippen LogP contribution in [0.4, 0.5) is 0 Å². The number of hydrogen-bond donors (Lipinski definition) is 2. The van der Waals surface area contributed by atoms with Gasteiger partial charge in [-0.25, -0.2) is 9.59 Å². The molecule has 0 saturated heterocycles. The van der Waals surface area contributed by atoms with E-state index in [-0.39, 0.29) is 17.3 Å². The lowest BCUT2D eigenvalue weighted by Gasteiger charge is -2.15. The smallest absolute Gasteiger partial charge is 0.335 e. The molecular weight excluding hydrogens is 256 g/mol. The maximum atomic E-state index is 12.1. The van der Waals surface area contributed by atoms with Gasteiger partial charge in [-0.3, -0.25) is 4.57 Å². The molecule has 108 valence electrons. The molecule has 1 heterocycles. The number of rotatable bonds is 5. The minimum atomic E-state index is -0.984. The summed E-state index contributed by atoms with van der Waals surface area (Å²) in [5.74, 6) is -0.408. The molecule has 0 fully saturated rings. The number of aromatic carboxylic acids is 1. The molecule has 2 aromatic rings. The molecule has 1 aromatic carbocycles. The highest BCUT2D eigenvalue weighted by molar-refractivity contribution is 5.92. The Balaban J connectivity index is 2.45. The van der Waals surface area contributed by atoms with Crippen LogP contribution in [-0.4, -0.2) is 20.6 Å². The van der Waals surface area contributed by atoms with Crippen molar-refractivity contribution in [2.24, 2.45) is 5.92 Å². The summed E-state index contributed by atoms with van der Waals surface area (Å²) in [6.45, 7) is 6.28. The van der Waals surface area contributed by atoms with Crippen LogP contribution in [-0.2, 0) is 0 Å². The van der Waals surface area contributed by atoms with Crippen LogP contribution in [0.3, 0.4) is 0 Å². The number of imidazole rings is 1. The molecule has 5 nitrogen and oxygen atoms in total. The number of aromatic nitrogens is 2. The van der Waals surface area contributed by atoms with Gasteiger partial charge in [0.05, 0.1) is 16.6 Å². The van der Waals surface area contributed by atoms with Crippen LogP contribution in [0.1, 0.15) is 50.0 Å². The van der Waals surface area contributed by atoms with E-state index in [9.17, 15) is 9.59 Å². The Morgan fingerprint density at radius 1 is 1.30 bits per heavy atom. The van der Waals surface area contributed by atoms with E-state index in [0.29, 0.717) is 17.0 Å². The summed E-state index contributed by atoms with van der Waals surface area (Å²) in [5.41, 5.74) is 1.35. The lowest BCUT2D eigenvalue weighted by Crippen LogP contribution is -2.20. The summed E-state index contributed by atoms with van der Waals surface area (Å²) in [7, 11) is 0. The zero-order valence-corrected chi connectivity index (χ0v) is 12.0. The molecule has 2 N–H and O–H groups in total. The minimum absolute atomic E-state index is 0.0442. The van der Waals surface area contributed by atoms with Crippen molar-refractivity contribution in [2.45, 2.75) is 39.7 Å². The molecule has 0 bridgehead atoms. The van der Waals surface area contributed by atoms with Gasteiger partial charge in [-0.05, 0) is 43.9 Å². The van der Waals surface area contributed by atoms with Crippen molar-refractivity contribution in [3.8, 4) is 0 Å². The molecular formula is C15H20N2O3. The van der Waals surface area contributed by atoms with Gasteiger partial charge in [-0.2, -0.15) is 0 Å². The molecule has 0 saturated carbocycles. The monoisotopic (exact) mass is 276 g/mol. The molecule has 0 aliphatic carbocycles. The first-order chi connectivity index (χ1) is 9.40. The van der Waals surface area contributed by atoms with Crippen molar-refractivity contribution in [3.05, 3.63) is 34.2 Å². The normalized spacial score (nSPS) is 13.0. The van der Waals surface area contributed by atoms with Crippen LogP contribution in [0.25, 0.3) is 11.0 Å². The summed E-state index contributed by atoms with van der Waals surface area (Å²) in [5, 5.41) is 9.06. The van der Waals surface area contributed by atoms with Crippen molar-refractivity contribution >= 4 is 17.0 Å². The first-order valence-corrected chi connectivity index (χ1v) is 6.87. The maximum Gasteiger partial charge on any atom is 0.335 e. The third-order valence-corrected chi connectivity index (χ3v) is 3.57. The van der Waals surface area contributed by atoms with Gasteiger partial charge in [0, 0.05) is 6.04 Å². The first kappa shape index (κ1) is 14.4. The van der Waals surface area contributed by atoms with E-state index in [0.717, 1.165) is 12.8 Å². The lowest BCUT2D eigenvalue weighted by molar-refractivity contribution is 0.0697. The van der Waals surface area contributed by atoms with Crippen LogP contribution in [0, 0.1) is 5.92 Å². The Morgan fingerprint density at radius 2 is 2.00 bits per heavy atom. The number of nitrogens with zero attached hydrogens (tertiary/aromatic N) is 1. The standard InChI is InChI=1S/C15H20N2O3/c1-9(2)4-5-10(3)17-13-8-11(14(18)19)6-7-12(13)16-15(17)20/h6-10H,4-5H2,1-3H3,(H,16,20)(H,18,19). The van der Waals surface area contributed by atoms with Crippen LogP contribution in [0.2, 0.25) is 0 Å². The summed E-state index contributed by atoms with van der Waals surface area (Å²) in [6, 6.07) is 4.75. The van der Waals surface area contributed by atoms with Crippen molar-refractivity contribution in [1.82, 2.24) is 9.55 Å². The fraction of sp³-hybridized carbons (Fsp3) is 0.467. The van der Waals surface area contributed by atoms with E-state index >= 15 is 0 Å². The molecule has 2 rings (SSSR count). The van der Waals surface area contributed by atoms with Gasteiger partial charge in [-0.15, -0.1) is 0 Å². The van der Waals surface area contributed by atoms with E-state index in [1.165, 1.54) is 6.07 Å². The highest BCUT2D eigenvalue weighted by atomic mass is 16.4. The maximum absolute atomic E-state index is 12.1. The van der Waals surface area contributed by atoms with Crippen LogP contribution >= 0.6 is 0 Å². The molecule has 1 unspecified atom stereocenters. The van der Waals surface area contributed by atoms with Crippen LogP contribution < -0.4 is 5.69 Å². The molecule has 1 atom stereocenters. The van der Waals surface area contributed by atoms with Gasteiger partial charge in [0.25, 0.3) is 0 Å². The summed E-state index contributed by atoms with van der Waals surface area (Å²) in [4.78, 5) is 25.9. The fourth-order valence-electron chi connectivity index (χ4n) is 2.40. The van der Waals surface area contributed by atoms with E-state index < -0.39 is 5.97 Å². The first-order valence-electron chi connectivity index (χ1n) is 6.87. The number of aromatic amines is 1. The molecule has 0 spiro atoms. The summed E-state index contributed by atoms with van der Waals surface area (Å²) in [6.07, 6.45) is 1.92. The summed E-state index contributed by atoms with van der Waals surface area (Å²) >= 11 is 0. The highest BCUT2D eigenvalue weighted by Gasteiger charge is 2.15. The largest absolute Gasteiger partial charge is 0.478 e. The van der Waals surface area contributed by atoms with E-state index in [1.807, 2.05) is 6.92 Å². The molecule has 1 aromatic heterocycles. The number of hydrogen-bond acceptors (Lipinski definition) is 2. The van der Waals surface area contributed by atoms with Crippen molar-refractivity contribution in [1.29, 1.82) is 0 Å². The van der Waals surface area contributed by atoms with E-state index in [4.69, 9.17) is 5.11 Å². The molecule has 5 heteroatoms. The van der Waals surface area contributed by atoms with Gasteiger partial charge >= 0.3 is 11.7 Å². The lowest BCUT2D eigenvalue weighted by atomic mass is 10.0. The predicted molar refractivity (Wildman–Crippen MR) is 78.3 cm³/mol. The number of nitrogens with one attached hydrogen (secondary N) is 1. The minimum Gasteiger partial charge on any atom is -0.478 e. The fourth-order valence-corrected chi connectivity index (χ4v) is 2.40. The molecule has 0 aliphatic heterocycles. The summed E-state index contributed by atoms with van der Waals surface area (Å²) < 4.78 is 1.66. The second-order valence-electron chi connectivity index (χ2n) is 5.66. The number of fused-ring (bicyclic) bond motifs is 1. The van der Waals surface area contributed by atoms with Gasteiger partial charge in [0.1, 0.15) is 0 Å². The number of carboxylic acids is 1. The van der Waals surface area contributed by atoms with E-state index in [1.54, 1.807) is 16.7 Å². The SMILES string of the molecule is CC(C)CCC(C)n1c(=O)[nH]c2ccc(C(=O)O)cc21. The Kier molecular flexibility index (Phi) is 3.97. The second-order valence-corrected chi connectivity index (χ2v) is 5.66. The van der Waals surface area contributed by atoms with Crippen molar-refractivity contribution < 1.29 is 9.90 Å². The molecule has 20 heavy (non-hydrogen) atoms. The van der Waals surface area contributed by atoms with Gasteiger partial charge < -0.3 is 10.1 Å². The Hall–Kier alpha value is -2.04. The number of H-pyrrole nitrogens is 1. The number of carboxylic acid groups (broad SMARTS) is 1. The average Bonchev–Trinajstić information content (AvgIpc) is 2.70. The predicted octanol–water partition coefficient (Wildman–Crippen LogP) is 3.03. The van der Waals surface area contributed by atoms with Crippen LogP contribution in [0.5, 0.6) is 0 Å². The van der Waals surface area contributed by atoms with E-state index in [2.05, 4.69) is 18.8 Å². The zero-order chi connectivity index (χ0) is 14.9. The van der Waals surface area contributed by atoms with Gasteiger partial charge in [-0.1, -0.05) is 13.8 Å². The van der Waals surface area contributed by atoms with Crippen LogP contribution in [0.15, 0.2) is 23.0 Å². The second kappa shape index (κ2) is 5.53. The Labute approximate surface area is 117 Å².